The second-order valence-electron chi connectivity index (χ2n) is 15.7. The van der Waals surface area contributed by atoms with Gasteiger partial charge in [-0.3, -0.25) is 14.8 Å². The molecular weight excluding hydrogens is 730 g/mol. The lowest BCUT2D eigenvalue weighted by molar-refractivity contribution is 1.11. The van der Waals surface area contributed by atoms with E-state index >= 15 is 0 Å². The van der Waals surface area contributed by atoms with Crippen LogP contribution in [0.5, 0.6) is 0 Å². The smallest absolute Gasteiger partial charge is 0.277 e. The van der Waals surface area contributed by atoms with E-state index in [9.17, 15) is 0 Å². The lowest BCUT2D eigenvalue weighted by Gasteiger charge is -2.45. The SMILES string of the molecule is c1ccc(N2c3ccccc3B3c4nc5c(nc4N(c4ccccc4)c4cccc2c43)N(c2ccccc2)c2cccc3c2B5c2ccccc2N3c2ccccc2)cc1. The van der Waals surface area contributed by atoms with Crippen LogP contribution in [0.15, 0.2) is 206 Å². The number of hydrogen-bond acceptors (Lipinski definition) is 6. The Morgan fingerprint density at radius 3 is 0.950 bits per heavy atom. The number of fused-ring (bicyclic) bond motifs is 8. The summed E-state index contributed by atoms with van der Waals surface area (Å²) in [7, 11) is 0. The summed E-state index contributed by atoms with van der Waals surface area (Å²) >= 11 is 0. The third-order valence-electron chi connectivity index (χ3n) is 12.6. The number of rotatable bonds is 4. The first kappa shape index (κ1) is 33.2. The van der Waals surface area contributed by atoms with Gasteiger partial charge >= 0.3 is 0 Å². The minimum atomic E-state index is -0.165. The van der Waals surface area contributed by atoms with E-state index in [-0.39, 0.29) is 13.4 Å². The van der Waals surface area contributed by atoms with Gasteiger partial charge in [-0.25, -0.2) is 4.98 Å². The van der Waals surface area contributed by atoms with Crippen LogP contribution in [-0.4, -0.2) is 23.4 Å². The van der Waals surface area contributed by atoms with Gasteiger partial charge in [-0.05, 0) is 107 Å². The van der Waals surface area contributed by atoms with Crippen molar-refractivity contribution in [2.24, 2.45) is 0 Å². The van der Waals surface area contributed by atoms with E-state index in [0.717, 1.165) is 79.7 Å². The standard InChI is InChI=1S/C52H34B2N6/c1-5-19-35(20-6-1)57-41-29-15-13-27-39(41)53-47-43(57)31-17-33-45(47)59(37-23-9-3-10-24-37)51-49(53)55-50-52(56-51)60(38-25-11-4-12-26-38)46-34-18-32-44-48(46)54(50)40-28-14-16-30-42(40)58(44)36-21-7-2-8-22-36/h1-34H. The van der Waals surface area contributed by atoms with E-state index in [1.807, 2.05) is 0 Å². The molecule has 0 saturated carbocycles. The highest BCUT2D eigenvalue weighted by Gasteiger charge is 2.49. The molecule has 5 heterocycles. The van der Waals surface area contributed by atoms with Crippen LogP contribution in [-0.2, 0) is 0 Å². The molecule has 4 aliphatic rings. The molecule has 0 unspecified atom stereocenters. The Labute approximate surface area is 349 Å². The van der Waals surface area contributed by atoms with Crippen molar-refractivity contribution in [2.45, 2.75) is 0 Å². The van der Waals surface area contributed by atoms with Crippen molar-refractivity contribution in [3.8, 4) is 0 Å². The maximum atomic E-state index is 6.07. The number of hydrogen-bond donors (Lipinski definition) is 0. The van der Waals surface area contributed by atoms with E-state index in [0.29, 0.717) is 0 Å². The summed E-state index contributed by atoms with van der Waals surface area (Å²) in [5.41, 5.74) is 17.9. The fourth-order valence-corrected chi connectivity index (χ4v) is 10.2. The number of anilines is 12. The average molecular weight is 765 g/mol. The molecule has 9 aromatic rings. The van der Waals surface area contributed by atoms with E-state index in [4.69, 9.17) is 9.97 Å². The number of nitrogens with zero attached hydrogens (tertiary/aromatic N) is 6. The summed E-state index contributed by atoms with van der Waals surface area (Å²) in [5.74, 6) is 1.68. The third-order valence-corrected chi connectivity index (χ3v) is 12.6. The third kappa shape index (κ3) is 4.61. The number of aromatic nitrogens is 2. The molecule has 0 saturated heterocycles. The Kier molecular flexibility index (Phi) is 7.10. The summed E-state index contributed by atoms with van der Waals surface area (Å²) in [6.07, 6.45) is 0. The van der Waals surface area contributed by atoms with Crippen LogP contribution in [0.1, 0.15) is 0 Å². The molecule has 0 fully saturated rings. The minimum Gasteiger partial charge on any atom is -0.311 e. The molecule has 4 aliphatic heterocycles. The minimum absolute atomic E-state index is 0.165. The highest BCUT2D eigenvalue weighted by molar-refractivity contribution is 7.02. The monoisotopic (exact) mass is 764 g/mol. The Balaban J connectivity index is 1.14. The Hall–Kier alpha value is -7.83. The van der Waals surface area contributed by atoms with E-state index in [1.54, 1.807) is 0 Å². The lowest BCUT2D eigenvalue weighted by atomic mass is 9.33. The molecule has 0 bridgehead atoms. The zero-order valence-electron chi connectivity index (χ0n) is 32.5. The highest BCUT2D eigenvalue weighted by atomic mass is 15.3. The van der Waals surface area contributed by atoms with Gasteiger partial charge in [0.25, 0.3) is 13.4 Å². The van der Waals surface area contributed by atoms with Gasteiger partial charge in [0.1, 0.15) is 0 Å². The Morgan fingerprint density at radius 1 is 0.267 bits per heavy atom. The van der Waals surface area contributed by atoms with E-state index in [1.165, 1.54) is 21.9 Å². The topological polar surface area (TPSA) is 38.7 Å². The molecule has 13 rings (SSSR count). The van der Waals surface area contributed by atoms with Crippen molar-refractivity contribution in [3.63, 3.8) is 0 Å². The summed E-state index contributed by atoms with van der Waals surface area (Å²) in [5, 5.41) is 0. The van der Waals surface area contributed by atoms with E-state index < -0.39 is 0 Å². The lowest BCUT2D eigenvalue weighted by Crippen LogP contribution is -2.67. The summed E-state index contributed by atoms with van der Waals surface area (Å²) in [4.78, 5) is 21.5. The fraction of sp³-hybridized carbons (Fsp3) is 0. The largest absolute Gasteiger partial charge is 0.311 e. The van der Waals surface area contributed by atoms with Gasteiger partial charge in [0.2, 0.25) is 0 Å². The summed E-state index contributed by atoms with van der Waals surface area (Å²) in [6.45, 7) is -0.330. The van der Waals surface area contributed by atoms with Gasteiger partial charge in [-0.2, -0.15) is 0 Å². The number of para-hydroxylation sites is 6. The van der Waals surface area contributed by atoms with Gasteiger partial charge < -0.3 is 9.80 Å². The second-order valence-corrected chi connectivity index (χ2v) is 15.7. The van der Waals surface area contributed by atoms with Crippen molar-refractivity contribution >= 4 is 115 Å². The average Bonchev–Trinajstić information content (AvgIpc) is 3.32. The van der Waals surface area contributed by atoms with Gasteiger partial charge in [-0.15, -0.1) is 0 Å². The zero-order chi connectivity index (χ0) is 39.3. The Bertz CT molecular complexity index is 2940. The molecule has 8 aromatic carbocycles. The molecule has 0 N–H and O–H groups in total. The van der Waals surface area contributed by atoms with E-state index in [2.05, 4.69) is 226 Å². The molecule has 0 radical (unpaired) electrons. The molecule has 0 aliphatic carbocycles. The predicted octanol–water partition coefficient (Wildman–Crippen LogP) is 8.64. The molecule has 278 valence electrons. The van der Waals surface area contributed by atoms with Crippen molar-refractivity contribution in [1.82, 2.24) is 9.97 Å². The van der Waals surface area contributed by atoms with Gasteiger partial charge in [0.15, 0.2) is 11.6 Å². The fourth-order valence-electron chi connectivity index (χ4n) is 10.2. The van der Waals surface area contributed by atoms with Crippen LogP contribution in [0.4, 0.5) is 68.5 Å². The summed E-state index contributed by atoms with van der Waals surface area (Å²) in [6, 6.07) is 73.9. The first-order valence-corrected chi connectivity index (χ1v) is 20.6. The molecule has 6 nitrogen and oxygen atoms in total. The van der Waals surface area contributed by atoms with Crippen LogP contribution >= 0.6 is 0 Å². The molecule has 1 aromatic heterocycles. The van der Waals surface area contributed by atoms with Crippen molar-refractivity contribution in [2.75, 3.05) is 19.6 Å². The molecule has 60 heavy (non-hydrogen) atoms. The van der Waals surface area contributed by atoms with Crippen LogP contribution in [0.25, 0.3) is 0 Å². The molecule has 0 amide bonds. The van der Waals surface area contributed by atoms with Crippen LogP contribution in [0.2, 0.25) is 0 Å². The summed E-state index contributed by atoms with van der Waals surface area (Å²) < 4.78 is 0. The Morgan fingerprint density at radius 2 is 0.567 bits per heavy atom. The predicted molar refractivity (Wildman–Crippen MR) is 250 cm³/mol. The maximum Gasteiger partial charge on any atom is 0.277 e. The maximum absolute atomic E-state index is 6.07. The van der Waals surface area contributed by atoms with Crippen molar-refractivity contribution in [1.29, 1.82) is 0 Å². The first-order valence-electron chi connectivity index (χ1n) is 20.6. The quantitative estimate of drug-likeness (QED) is 0.167. The van der Waals surface area contributed by atoms with Crippen LogP contribution in [0.3, 0.4) is 0 Å². The van der Waals surface area contributed by atoms with Gasteiger partial charge in [0.05, 0.1) is 11.2 Å². The normalized spacial score (nSPS) is 13.8. The van der Waals surface area contributed by atoms with Crippen LogP contribution in [0, 0.1) is 0 Å². The van der Waals surface area contributed by atoms with Gasteiger partial charge in [0, 0.05) is 56.9 Å². The highest BCUT2D eigenvalue weighted by Crippen LogP contribution is 2.46. The molecular formula is C52H34B2N6. The van der Waals surface area contributed by atoms with Crippen molar-refractivity contribution in [3.05, 3.63) is 206 Å². The molecule has 8 heteroatoms. The van der Waals surface area contributed by atoms with Crippen molar-refractivity contribution < 1.29 is 0 Å². The second kappa shape index (κ2) is 12.8. The molecule has 0 spiro atoms. The van der Waals surface area contributed by atoms with Crippen LogP contribution < -0.4 is 52.6 Å². The number of benzene rings is 8. The first-order chi connectivity index (χ1) is 29.8. The zero-order valence-corrected chi connectivity index (χ0v) is 32.5. The van der Waals surface area contributed by atoms with Gasteiger partial charge in [-0.1, -0.05) is 121 Å². The molecule has 0 atom stereocenters.